The van der Waals surface area contributed by atoms with Crippen molar-refractivity contribution in [3.63, 3.8) is 0 Å². The minimum atomic E-state index is 1.18. The second-order valence-electron chi connectivity index (χ2n) is 2.46. The van der Waals surface area contributed by atoms with Gasteiger partial charge in [-0.3, -0.25) is 0 Å². The van der Waals surface area contributed by atoms with E-state index in [9.17, 15) is 0 Å². The Labute approximate surface area is 64.6 Å². The summed E-state index contributed by atoms with van der Waals surface area (Å²) in [6.45, 7) is 5.71. The maximum Gasteiger partial charge on any atom is -0.0265 e. The van der Waals surface area contributed by atoms with Crippen LogP contribution in [0.5, 0.6) is 0 Å². The van der Waals surface area contributed by atoms with Crippen molar-refractivity contribution < 1.29 is 0 Å². The number of unbranched alkanes of at least 4 members (excludes halogenated alkanes) is 4. The van der Waals surface area contributed by atoms with Crippen LogP contribution in [0.4, 0.5) is 0 Å². The van der Waals surface area contributed by atoms with Gasteiger partial charge in [0.15, 0.2) is 0 Å². The second-order valence-corrected chi connectivity index (χ2v) is 2.46. The lowest BCUT2D eigenvalue weighted by Crippen LogP contribution is -1.72. The van der Waals surface area contributed by atoms with Crippen molar-refractivity contribution >= 4 is 0 Å². The summed E-state index contributed by atoms with van der Waals surface area (Å²) in [7, 11) is 0. The maximum absolute atomic E-state index is 3.48. The molecule has 0 saturated carbocycles. The van der Waals surface area contributed by atoms with Gasteiger partial charge in [-0.25, -0.2) is 0 Å². The van der Waals surface area contributed by atoms with E-state index < -0.39 is 0 Å². The Hall–Kier alpha value is -0.520. The lowest BCUT2D eigenvalue weighted by Gasteiger charge is -1.92. The molecular weight excluding hydrogens is 120 g/mol. The average Bonchev–Trinajstić information content (AvgIpc) is 1.97. The second kappa shape index (κ2) is 8.48. The zero-order valence-corrected chi connectivity index (χ0v) is 6.90. The standard InChI is InChI=1S/C10H17/c1-3-5-7-9-10-8-6-4-2/h5,7H,1,4,6,8-10H2,2H3/b7-5+. The molecule has 10 heavy (non-hydrogen) atoms. The van der Waals surface area contributed by atoms with Gasteiger partial charge in [-0.15, -0.1) is 0 Å². The molecule has 0 aliphatic heterocycles. The lowest BCUT2D eigenvalue weighted by molar-refractivity contribution is 0.674. The predicted molar refractivity (Wildman–Crippen MR) is 46.8 cm³/mol. The van der Waals surface area contributed by atoms with Gasteiger partial charge in [-0.1, -0.05) is 44.9 Å². The summed E-state index contributed by atoms with van der Waals surface area (Å²) in [6.07, 6.45) is 13.3. The van der Waals surface area contributed by atoms with Crippen molar-refractivity contribution in [2.75, 3.05) is 0 Å². The molecule has 57 valence electrons. The molecule has 0 aromatic carbocycles. The van der Waals surface area contributed by atoms with Gasteiger partial charge < -0.3 is 0 Å². The van der Waals surface area contributed by atoms with Crippen LogP contribution in [0, 0.1) is 6.08 Å². The van der Waals surface area contributed by atoms with Crippen LogP contribution in [0.2, 0.25) is 0 Å². The molecule has 1 radical (unpaired) electrons. The number of hydrogen-bond donors (Lipinski definition) is 0. The zero-order chi connectivity index (χ0) is 7.66. The van der Waals surface area contributed by atoms with Gasteiger partial charge in [0.1, 0.15) is 0 Å². The maximum atomic E-state index is 3.48. The molecular formula is C10H17. The summed E-state index contributed by atoms with van der Waals surface area (Å²) < 4.78 is 0. The van der Waals surface area contributed by atoms with Crippen molar-refractivity contribution in [3.05, 3.63) is 24.8 Å². The van der Waals surface area contributed by atoms with Gasteiger partial charge in [0.05, 0.1) is 0 Å². The molecule has 0 bridgehead atoms. The Morgan fingerprint density at radius 2 is 2.10 bits per heavy atom. The highest BCUT2D eigenvalue weighted by atomic mass is 13.9. The highest BCUT2D eigenvalue weighted by Crippen LogP contribution is 2.02. The molecule has 0 N–H and O–H groups in total. The van der Waals surface area contributed by atoms with Gasteiger partial charge >= 0.3 is 0 Å². The molecule has 0 atom stereocenters. The molecule has 0 nitrogen and oxygen atoms in total. The van der Waals surface area contributed by atoms with E-state index in [1.807, 2.05) is 6.08 Å². The normalized spacial score (nSPS) is 10.5. The average molecular weight is 137 g/mol. The van der Waals surface area contributed by atoms with Gasteiger partial charge in [0.25, 0.3) is 0 Å². The molecule has 0 aromatic heterocycles. The van der Waals surface area contributed by atoms with Crippen LogP contribution in [0.1, 0.15) is 39.0 Å². The number of rotatable bonds is 6. The largest absolute Gasteiger partial charge is 0.0912 e. The monoisotopic (exact) mass is 137 g/mol. The molecule has 0 heteroatoms. The van der Waals surface area contributed by atoms with Crippen LogP contribution in [-0.2, 0) is 0 Å². The summed E-state index contributed by atoms with van der Waals surface area (Å²) in [6, 6.07) is 0. The molecule has 0 aromatic rings. The first-order valence-electron chi connectivity index (χ1n) is 4.09. The third-order valence-electron chi connectivity index (χ3n) is 1.46. The Morgan fingerprint density at radius 3 is 2.70 bits per heavy atom. The van der Waals surface area contributed by atoms with E-state index in [-0.39, 0.29) is 0 Å². The van der Waals surface area contributed by atoms with Crippen molar-refractivity contribution in [3.8, 4) is 0 Å². The molecule has 0 aliphatic carbocycles. The summed E-state index contributed by atoms with van der Waals surface area (Å²) in [5.41, 5.74) is 0. The first-order valence-corrected chi connectivity index (χ1v) is 4.09. The summed E-state index contributed by atoms with van der Waals surface area (Å²) >= 11 is 0. The first kappa shape index (κ1) is 9.48. The van der Waals surface area contributed by atoms with E-state index in [1.54, 1.807) is 0 Å². The highest BCUT2D eigenvalue weighted by molar-refractivity contribution is 4.89. The van der Waals surface area contributed by atoms with Crippen LogP contribution >= 0.6 is 0 Å². The summed E-state index contributed by atoms with van der Waals surface area (Å²) in [4.78, 5) is 0. The van der Waals surface area contributed by atoms with E-state index in [4.69, 9.17) is 0 Å². The Kier molecular flexibility index (Phi) is 8.04. The van der Waals surface area contributed by atoms with Crippen LogP contribution < -0.4 is 0 Å². The minimum Gasteiger partial charge on any atom is -0.0912 e. The molecule has 0 unspecified atom stereocenters. The fourth-order valence-corrected chi connectivity index (χ4v) is 0.856. The number of hydrogen-bond acceptors (Lipinski definition) is 0. The van der Waals surface area contributed by atoms with Crippen molar-refractivity contribution in [1.82, 2.24) is 0 Å². The van der Waals surface area contributed by atoms with Gasteiger partial charge in [-0.05, 0) is 18.9 Å². The molecule has 0 amide bonds. The molecule has 0 spiro atoms. The van der Waals surface area contributed by atoms with Crippen LogP contribution in [-0.4, -0.2) is 0 Å². The van der Waals surface area contributed by atoms with E-state index in [1.165, 1.54) is 32.1 Å². The lowest BCUT2D eigenvalue weighted by atomic mass is 10.1. The summed E-state index contributed by atoms with van der Waals surface area (Å²) in [5.74, 6) is 0. The van der Waals surface area contributed by atoms with Crippen molar-refractivity contribution in [1.29, 1.82) is 0 Å². The van der Waals surface area contributed by atoms with E-state index in [0.29, 0.717) is 0 Å². The smallest absolute Gasteiger partial charge is 0.0265 e. The van der Waals surface area contributed by atoms with Gasteiger partial charge in [0, 0.05) is 0 Å². The third-order valence-corrected chi connectivity index (χ3v) is 1.46. The van der Waals surface area contributed by atoms with Crippen LogP contribution in [0.25, 0.3) is 0 Å². The molecule has 0 saturated heterocycles. The fourth-order valence-electron chi connectivity index (χ4n) is 0.856. The van der Waals surface area contributed by atoms with Gasteiger partial charge in [0.2, 0.25) is 0 Å². The topological polar surface area (TPSA) is 0 Å². The minimum absolute atomic E-state index is 1.18. The Bertz CT molecular complexity index is 90.2. The Morgan fingerprint density at radius 1 is 1.30 bits per heavy atom. The zero-order valence-electron chi connectivity index (χ0n) is 6.90. The highest BCUT2D eigenvalue weighted by Gasteiger charge is 1.82. The first-order chi connectivity index (χ1) is 4.91. The Balaban J connectivity index is 2.90. The predicted octanol–water partition coefficient (Wildman–Crippen LogP) is 3.50. The van der Waals surface area contributed by atoms with E-state index in [0.717, 1.165) is 0 Å². The summed E-state index contributed by atoms with van der Waals surface area (Å²) in [5, 5.41) is 0. The van der Waals surface area contributed by atoms with Crippen molar-refractivity contribution in [2.24, 2.45) is 0 Å². The van der Waals surface area contributed by atoms with Crippen LogP contribution in [0.15, 0.2) is 18.7 Å². The quantitative estimate of drug-likeness (QED) is 0.388. The fraction of sp³-hybridized carbons (Fsp3) is 0.600. The van der Waals surface area contributed by atoms with E-state index >= 15 is 0 Å². The van der Waals surface area contributed by atoms with Crippen LogP contribution in [0.3, 0.4) is 0 Å². The molecule has 0 fully saturated rings. The van der Waals surface area contributed by atoms with Gasteiger partial charge in [-0.2, -0.15) is 0 Å². The number of allylic oxidation sites excluding steroid dienone is 3. The molecule has 0 rings (SSSR count). The molecule has 0 aliphatic rings. The SMILES string of the molecule is C=[C]/C=C/CCCCCC. The van der Waals surface area contributed by atoms with E-state index in [2.05, 4.69) is 25.7 Å². The molecule has 0 heterocycles. The third kappa shape index (κ3) is 7.48. The van der Waals surface area contributed by atoms with Crippen molar-refractivity contribution in [2.45, 2.75) is 39.0 Å².